The Morgan fingerprint density at radius 2 is 1.96 bits per heavy atom. The molecule has 0 unspecified atom stereocenters. The molecule has 150 valence electrons. The number of piperidine rings is 1. The van der Waals surface area contributed by atoms with E-state index in [0.717, 1.165) is 37.4 Å². The molecule has 2 aromatic rings. The number of hydrogen-bond donors (Lipinski definition) is 1. The van der Waals surface area contributed by atoms with Crippen molar-refractivity contribution in [3.05, 3.63) is 34.1 Å². The molecular formula is C19H24ClN5O2S. The van der Waals surface area contributed by atoms with Gasteiger partial charge in [-0.2, -0.15) is 0 Å². The van der Waals surface area contributed by atoms with Gasteiger partial charge in [0, 0.05) is 25.3 Å². The van der Waals surface area contributed by atoms with E-state index in [1.807, 2.05) is 25.7 Å². The number of pyridine rings is 1. The van der Waals surface area contributed by atoms with E-state index in [2.05, 4.69) is 15.3 Å². The molecule has 9 heteroatoms. The number of thiazole rings is 1. The number of aryl methyl sites for hydroxylation is 1. The lowest BCUT2D eigenvalue weighted by Gasteiger charge is -2.34. The number of carbonyl (C=O) groups is 2. The molecule has 2 aromatic heterocycles. The second kappa shape index (κ2) is 8.87. The maximum atomic E-state index is 13.2. The van der Waals surface area contributed by atoms with Gasteiger partial charge in [-0.25, -0.2) is 14.8 Å². The van der Waals surface area contributed by atoms with Crippen LogP contribution in [-0.2, 0) is 0 Å². The highest BCUT2D eigenvalue weighted by atomic mass is 35.5. The van der Waals surface area contributed by atoms with E-state index in [4.69, 9.17) is 11.6 Å². The van der Waals surface area contributed by atoms with Crippen LogP contribution in [0.15, 0.2) is 18.3 Å². The largest absolute Gasteiger partial charge is 0.325 e. The van der Waals surface area contributed by atoms with E-state index < -0.39 is 5.91 Å². The molecule has 1 aliphatic rings. The van der Waals surface area contributed by atoms with Crippen LogP contribution < -0.4 is 10.2 Å². The molecule has 1 fully saturated rings. The number of aromatic nitrogens is 2. The van der Waals surface area contributed by atoms with E-state index in [-0.39, 0.29) is 17.8 Å². The van der Waals surface area contributed by atoms with Gasteiger partial charge in [0.05, 0.1) is 10.0 Å². The highest BCUT2D eigenvalue weighted by Gasteiger charge is 2.31. The van der Waals surface area contributed by atoms with Crippen molar-refractivity contribution in [3.63, 3.8) is 0 Å². The molecule has 0 bridgehead atoms. The van der Waals surface area contributed by atoms with Crippen molar-refractivity contribution in [1.29, 1.82) is 0 Å². The second-order valence-corrected chi connectivity index (χ2v) is 8.61. The number of carbonyl (C=O) groups excluding carboxylic acids is 2. The fourth-order valence-electron chi connectivity index (χ4n) is 3.13. The zero-order valence-electron chi connectivity index (χ0n) is 16.2. The maximum Gasteiger partial charge on any atom is 0.325 e. The first-order valence-corrected chi connectivity index (χ1v) is 10.5. The van der Waals surface area contributed by atoms with Crippen molar-refractivity contribution in [1.82, 2.24) is 14.9 Å². The number of likely N-dealkylation sites (tertiary alicyclic amines) is 1. The molecule has 1 aliphatic heterocycles. The molecule has 0 aliphatic carbocycles. The van der Waals surface area contributed by atoms with Gasteiger partial charge in [-0.15, -0.1) is 11.3 Å². The standard InChI is InChI=1S/C19H24ClN5O2S/c1-12(2)25(19(27)24-9-5-4-6-10-24)18-16(22-13(3)28-18)17(26)23-15-8-7-14(20)11-21-15/h7-8,11-12H,4-6,9-10H2,1-3H3,(H,21,23,26). The normalized spacial score (nSPS) is 14.2. The van der Waals surface area contributed by atoms with Crippen LogP contribution in [-0.4, -0.2) is 45.9 Å². The van der Waals surface area contributed by atoms with Crippen LogP contribution >= 0.6 is 22.9 Å². The van der Waals surface area contributed by atoms with Crippen LogP contribution in [0.3, 0.4) is 0 Å². The Hall–Kier alpha value is -2.19. The summed E-state index contributed by atoms with van der Waals surface area (Å²) in [4.78, 5) is 38.1. The summed E-state index contributed by atoms with van der Waals surface area (Å²) in [7, 11) is 0. The van der Waals surface area contributed by atoms with Gasteiger partial charge in [-0.1, -0.05) is 11.6 Å². The summed E-state index contributed by atoms with van der Waals surface area (Å²) in [5, 5.41) is 4.51. The van der Waals surface area contributed by atoms with E-state index >= 15 is 0 Å². The zero-order valence-corrected chi connectivity index (χ0v) is 17.8. The molecule has 1 saturated heterocycles. The third-order valence-electron chi connectivity index (χ3n) is 4.47. The van der Waals surface area contributed by atoms with Crippen molar-refractivity contribution in [2.24, 2.45) is 0 Å². The molecule has 1 N–H and O–H groups in total. The lowest BCUT2D eigenvalue weighted by Crippen LogP contribution is -2.48. The molecule has 0 spiro atoms. The number of urea groups is 1. The van der Waals surface area contributed by atoms with Crippen LogP contribution in [0.25, 0.3) is 0 Å². The second-order valence-electron chi connectivity index (χ2n) is 7.00. The van der Waals surface area contributed by atoms with Crippen molar-refractivity contribution in [3.8, 4) is 0 Å². The van der Waals surface area contributed by atoms with Gasteiger partial charge in [0.2, 0.25) is 0 Å². The highest BCUT2D eigenvalue weighted by molar-refractivity contribution is 7.16. The molecular weight excluding hydrogens is 398 g/mol. The number of nitrogens with zero attached hydrogens (tertiary/aromatic N) is 4. The molecule has 0 radical (unpaired) electrons. The summed E-state index contributed by atoms with van der Waals surface area (Å²) in [6.45, 7) is 7.21. The lowest BCUT2D eigenvalue weighted by molar-refractivity contribution is 0.102. The van der Waals surface area contributed by atoms with Crippen LogP contribution in [0, 0.1) is 6.92 Å². The van der Waals surface area contributed by atoms with Gasteiger partial charge in [-0.3, -0.25) is 9.69 Å². The minimum atomic E-state index is -0.397. The van der Waals surface area contributed by atoms with Gasteiger partial charge in [-0.05, 0) is 52.2 Å². The maximum absolute atomic E-state index is 13.2. The average Bonchev–Trinajstić information content (AvgIpc) is 3.05. The number of nitrogens with one attached hydrogen (secondary N) is 1. The first-order chi connectivity index (χ1) is 13.4. The molecule has 28 heavy (non-hydrogen) atoms. The van der Waals surface area contributed by atoms with Crippen LogP contribution in [0.4, 0.5) is 15.6 Å². The third kappa shape index (κ3) is 4.62. The molecule has 3 amide bonds. The Kier molecular flexibility index (Phi) is 6.51. The molecule has 0 saturated carbocycles. The third-order valence-corrected chi connectivity index (χ3v) is 5.66. The smallest absolute Gasteiger partial charge is 0.324 e. The van der Waals surface area contributed by atoms with Crippen LogP contribution in [0.1, 0.15) is 48.6 Å². The summed E-state index contributed by atoms with van der Waals surface area (Å²) in [6, 6.07) is 3.10. The number of hydrogen-bond acceptors (Lipinski definition) is 5. The monoisotopic (exact) mass is 421 g/mol. The minimum Gasteiger partial charge on any atom is -0.324 e. The first-order valence-electron chi connectivity index (χ1n) is 9.35. The van der Waals surface area contributed by atoms with E-state index in [0.29, 0.717) is 15.8 Å². The highest BCUT2D eigenvalue weighted by Crippen LogP contribution is 2.32. The van der Waals surface area contributed by atoms with Gasteiger partial charge in [0.15, 0.2) is 5.69 Å². The van der Waals surface area contributed by atoms with Gasteiger partial charge in [0.1, 0.15) is 10.8 Å². The van der Waals surface area contributed by atoms with Crippen molar-refractivity contribution in [2.45, 2.75) is 46.1 Å². The Morgan fingerprint density at radius 3 is 2.57 bits per heavy atom. The first kappa shape index (κ1) is 20.5. The van der Waals surface area contributed by atoms with Gasteiger partial charge >= 0.3 is 6.03 Å². The zero-order chi connectivity index (χ0) is 20.3. The Bertz CT molecular complexity index is 847. The topological polar surface area (TPSA) is 78.4 Å². The predicted molar refractivity (Wildman–Crippen MR) is 112 cm³/mol. The Morgan fingerprint density at radius 1 is 1.25 bits per heavy atom. The molecule has 0 aromatic carbocycles. The fraction of sp³-hybridized carbons (Fsp3) is 0.474. The fourth-order valence-corrected chi connectivity index (χ4v) is 4.28. The summed E-state index contributed by atoms with van der Waals surface area (Å²) in [5.41, 5.74) is 0.235. The van der Waals surface area contributed by atoms with E-state index in [1.54, 1.807) is 17.0 Å². The number of halogens is 1. The van der Waals surface area contributed by atoms with Gasteiger partial charge in [0.25, 0.3) is 5.91 Å². The summed E-state index contributed by atoms with van der Waals surface area (Å²) >= 11 is 7.19. The van der Waals surface area contributed by atoms with E-state index in [9.17, 15) is 9.59 Å². The molecule has 3 heterocycles. The number of anilines is 2. The van der Waals surface area contributed by atoms with Crippen molar-refractivity contribution >= 4 is 45.7 Å². The van der Waals surface area contributed by atoms with E-state index in [1.165, 1.54) is 17.5 Å². The predicted octanol–water partition coefficient (Wildman–Crippen LogP) is 4.57. The Labute approximate surface area is 173 Å². The quantitative estimate of drug-likeness (QED) is 0.784. The van der Waals surface area contributed by atoms with Gasteiger partial charge < -0.3 is 10.2 Å². The van der Waals surface area contributed by atoms with Crippen LogP contribution in [0.5, 0.6) is 0 Å². The number of amides is 3. The van der Waals surface area contributed by atoms with Crippen molar-refractivity contribution in [2.75, 3.05) is 23.3 Å². The van der Waals surface area contributed by atoms with Crippen LogP contribution in [0.2, 0.25) is 5.02 Å². The Balaban J connectivity index is 1.88. The molecule has 7 nitrogen and oxygen atoms in total. The minimum absolute atomic E-state index is 0.0722. The summed E-state index contributed by atoms with van der Waals surface area (Å²) in [6.07, 6.45) is 4.63. The van der Waals surface area contributed by atoms with Crippen molar-refractivity contribution < 1.29 is 9.59 Å². The lowest BCUT2D eigenvalue weighted by atomic mass is 10.1. The SMILES string of the molecule is Cc1nc(C(=O)Nc2ccc(Cl)cn2)c(N(C(=O)N2CCCCC2)C(C)C)s1. The summed E-state index contributed by atoms with van der Waals surface area (Å²) in [5.74, 6) is -0.0178. The average molecular weight is 422 g/mol. The molecule has 3 rings (SSSR count). The summed E-state index contributed by atoms with van der Waals surface area (Å²) < 4.78 is 0. The molecule has 0 atom stereocenters. The number of rotatable bonds is 4.